The van der Waals surface area contributed by atoms with E-state index in [2.05, 4.69) is 56.4 Å². The number of nitrogens with zero attached hydrogens (tertiary/aromatic N) is 1. The topological polar surface area (TPSA) is 39.2 Å². The molecule has 0 amide bonds. The van der Waals surface area contributed by atoms with E-state index in [9.17, 15) is 0 Å². The van der Waals surface area contributed by atoms with E-state index in [4.69, 9.17) is 14.5 Å². The fourth-order valence-electron chi connectivity index (χ4n) is 5.03. The monoisotopic (exact) mass is 431 g/mol. The number of aryl methyl sites for hydroxylation is 2. The van der Waals surface area contributed by atoms with Gasteiger partial charge in [0, 0.05) is 23.2 Å². The van der Waals surface area contributed by atoms with E-state index in [1.807, 2.05) is 18.9 Å². The third kappa shape index (κ3) is 5.97. The molecule has 2 aromatic carbocycles. The van der Waals surface area contributed by atoms with Crippen LogP contribution < -0.4 is 4.74 Å². The average molecular weight is 432 g/mol. The van der Waals surface area contributed by atoms with E-state index in [0.717, 1.165) is 30.4 Å². The van der Waals surface area contributed by atoms with Crippen molar-refractivity contribution in [3.63, 3.8) is 0 Å². The predicted molar refractivity (Wildman–Crippen MR) is 133 cm³/mol. The van der Waals surface area contributed by atoms with Crippen molar-refractivity contribution in [1.29, 1.82) is 0 Å². The molecule has 0 spiro atoms. The van der Waals surface area contributed by atoms with Crippen LogP contribution in [0.4, 0.5) is 0 Å². The maximum Gasteiger partial charge on any atom is 0.118 e. The fraction of sp³-hybridized carbons (Fsp3) is 0.448. The summed E-state index contributed by atoms with van der Waals surface area (Å²) in [6.07, 6.45) is 11.0. The zero-order valence-corrected chi connectivity index (χ0v) is 19.8. The van der Waals surface area contributed by atoms with Gasteiger partial charge in [-0.2, -0.15) is 0 Å². The summed E-state index contributed by atoms with van der Waals surface area (Å²) >= 11 is 0. The first kappa shape index (κ1) is 24.0. The molecule has 0 bridgehead atoms. The first-order valence-corrected chi connectivity index (χ1v) is 12.0. The number of hydrogen-bond donors (Lipinski definition) is 0. The summed E-state index contributed by atoms with van der Waals surface area (Å²) in [5.74, 6) is 3.21. The Kier molecular flexibility index (Phi) is 8.84. The first-order valence-electron chi connectivity index (χ1n) is 12.0. The molecule has 1 aromatic heterocycles. The van der Waals surface area contributed by atoms with Gasteiger partial charge < -0.3 is 9.53 Å². The van der Waals surface area contributed by atoms with Crippen molar-refractivity contribution < 1.29 is 9.53 Å². The molecule has 0 radical (unpaired) electrons. The van der Waals surface area contributed by atoms with Crippen LogP contribution in [0.1, 0.15) is 68.7 Å². The molecule has 4 rings (SSSR count). The lowest BCUT2D eigenvalue weighted by Gasteiger charge is -2.31. The zero-order valence-electron chi connectivity index (χ0n) is 19.8. The Labute approximate surface area is 193 Å². The molecule has 1 saturated carbocycles. The minimum Gasteiger partial charge on any atom is -0.497 e. The number of rotatable bonds is 7. The van der Waals surface area contributed by atoms with Crippen LogP contribution in [0.3, 0.4) is 0 Å². The van der Waals surface area contributed by atoms with Crippen LogP contribution in [0, 0.1) is 11.8 Å². The summed E-state index contributed by atoms with van der Waals surface area (Å²) in [6, 6.07) is 17.6. The first-order chi connectivity index (χ1) is 15.7. The number of benzene rings is 2. The van der Waals surface area contributed by atoms with E-state index >= 15 is 0 Å². The summed E-state index contributed by atoms with van der Waals surface area (Å²) in [6.45, 7) is 6.73. The summed E-state index contributed by atoms with van der Waals surface area (Å²) < 4.78 is 5.26. The Bertz CT molecular complexity index is 974. The highest BCUT2D eigenvalue weighted by molar-refractivity contribution is 5.82. The third-order valence-corrected chi connectivity index (χ3v) is 7.31. The average Bonchev–Trinajstić information content (AvgIpc) is 2.88. The number of pyridine rings is 1. The second-order valence-electron chi connectivity index (χ2n) is 9.12. The van der Waals surface area contributed by atoms with E-state index in [1.54, 1.807) is 7.11 Å². The Morgan fingerprint density at radius 2 is 1.59 bits per heavy atom. The largest absolute Gasteiger partial charge is 0.497 e. The van der Waals surface area contributed by atoms with Crippen molar-refractivity contribution >= 4 is 17.6 Å². The van der Waals surface area contributed by atoms with Crippen molar-refractivity contribution in [1.82, 2.24) is 4.98 Å². The molecule has 0 aliphatic heterocycles. The predicted octanol–water partition coefficient (Wildman–Crippen LogP) is 7.16. The molecule has 1 heterocycles. The second-order valence-corrected chi connectivity index (χ2v) is 9.12. The van der Waals surface area contributed by atoms with E-state index in [0.29, 0.717) is 5.92 Å². The van der Waals surface area contributed by atoms with Gasteiger partial charge in [0.15, 0.2) is 0 Å². The molecule has 3 heteroatoms. The van der Waals surface area contributed by atoms with Crippen molar-refractivity contribution in [3.05, 3.63) is 71.5 Å². The number of carbonyl (C=O) groups is 1. The third-order valence-electron chi connectivity index (χ3n) is 7.31. The quantitative estimate of drug-likeness (QED) is 0.398. The van der Waals surface area contributed by atoms with Crippen molar-refractivity contribution in [2.75, 3.05) is 7.11 Å². The van der Waals surface area contributed by atoms with Gasteiger partial charge >= 0.3 is 0 Å². The molecule has 1 unspecified atom stereocenters. The summed E-state index contributed by atoms with van der Waals surface area (Å²) in [5, 5.41) is 2.58. The number of methoxy groups -OCH3 is 1. The Morgan fingerprint density at radius 3 is 2.25 bits per heavy atom. The fourth-order valence-corrected chi connectivity index (χ4v) is 5.03. The minimum absolute atomic E-state index is 0.551. The molecule has 1 aliphatic rings. The maximum absolute atomic E-state index is 8.00. The van der Waals surface area contributed by atoms with Gasteiger partial charge in [-0.05, 0) is 72.2 Å². The molecule has 3 aromatic rings. The van der Waals surface area contributed by atoms with Gasteiger partial charge in [-0.1, -0.05) is 63.4 Å². The molecule has 0 N–H and O–H groups in total. The van der Waals surface area contributed by atoms with E-state index in [1.165, 1.54) is 59.7 Å². The van der Waals surface area contributed by atoms with Crippen LogP contribution in [0.25, 0.3) is 10.8 Å². The van der Waals surface area contributed by atoms with Crippen LogP contribution in [-0.2, 0) is 17.6 Å². The van der Waals surface area contributed by atoms with Crippen LogP contribution in [0.5, 0.6) is 5.75 Å². The standard InChI is InChI=1S/C28H35NO.CH2O/c1-4-21-7-12-24(13-8-21)20(2)28-18-26-17-23(9-14-25(26)19-29-28)6-5-22-10-15-27(30-3)16-11-22;1-2/h9-11,14-21,24H,4-8,12-13H2,1-3H3;1H2. The summed E-state index contributed by atoms with van der Waals surface area (Å²) in [5.41, 5.74) is 4.02. The molecule has 32 heavy (non-hydrogen) atoms. The lowest BCUT2D eigenvalue weighted by molar-refractivity contribution is -0.0979. The summed E-state index contributed by atoms with van der Waals surface area (Å²) in [7, 11) is 1.71. The lowest BCUT2D eigenvalue weighted by Crippen LogP contribution is -2.19. The smallest absolute Gasteiger partial charge is 0.118 e. The van der Waals surface area contributed by atoms with Gasteiger partial charge in [-0.3, -0.25) is 4.98 Å². The van der Waals surface area contributed by atoms with Gasteiger partial charge in [0.1, 0.15) is 12.5 Å². The lowest BCUT2D eigenvalue weighted by atomic mass is 9.74. The molecule has 1 fully saturated rings. The molecule has 170 valence electrons. The van der Waals surface area contributed by atoms with E-state index in [-0.39, 0.29) is 0 Å². The normalized spacial score (nSPS) is 19.1. The molecule has 1 aliphatic carbocycles. The molecule has 1 atom stereocenters. The van der Waals surface area contributed by atoms with Gasteiger partial charge in [0.25, 0.3) is 0 Å². The minimum atomic E-state index is 0.551. The SMILES string of the molecule is C=O.CCC1CCC(C(C)c2cc3cc(CCc4ccc(OC)cc4)ccc3cn2)CC1. The Hall–Kier alpha value is -2.68. The molecule has 3 nitrogen and oxygen atoms in total. The maximum atomic E-state index is 8.00. The zero-order chi connectivity index (χ0) is 22.9. The van der Waals surface area contributed by atoms with Crippen LogP contribution in [0.2, 0.25) is 0 Å². The van der Waals surface area contributed by atoms with Gasteiger partial charge in [-0.15, -0.1) is 0 Å². The second kappa shape index (κ2) is 11.8. The Balaban J connectivity index is 0.00000141. The van der Waals surface area contributed by atoms with Gasteiger partial charge in [0.05, 0.1) is 7.11 Å². The van der Waals surface area contributed by atoms with Crippen molar-refractivity contribution in [2.24, 2.45) is 11.8 Å². The molecule has 0 saturated heterocycles. The van der Waals surface area contributed by atoms with Gasteiger partial charge in [-0.25, -0.2) is 0 Å². The highest BCUT2D eigenvalue weighted by Crippen LogP contribution is 2.38. The number of fused-ring (bicyclic) bond motifs is 1. The van der Waals surface area contributed by atoms with Crippen molar-refractivity contribution in [2.45, 2.75) is 64.7 Å². The van der Waals surface area contributed by atoms with Gasteiger partial charge in [0.2, 0.25) is 0 Å². The van der Waals surface area contributed by atoms with Crippen LogP contribution in [0.15, 0.2) is 54.7 Å². The molecular weight excluding hydrogens is 394 g/mol. The Morgan fingerprint density at radius 1 is 0.938 bits per heavy atom. The molecular formula is C29H37NO2. The number of carbonyl (C=O) groups excluding carboxylic acids is 1. The van der Waals surface area contributed by atoms with E-state index < -0.39 is 0 Å². The highest BCUT2D eigenvalue weighted by atomic mass is 16.5. The van der Waals surface area contributed by atoms with Crippen LogP contribution >= 0.6 is 0 Å². The summed E-state index contributed by atoms with van der Waals surface area (Å²) in [4.78, 5) is 12.8. The number of hydrogen-bond acceptors (Lipinski definition) is 3. The van der Waals surface area contributed by atoms with Crippen LogP contribution in [-0.4, -0.2) is 18.9 Å². The highest BCUT2D eigenvalue weighted by Gasteiger charge is 2.26. The van der Waals surface area contributed by atoms with Crippen molar-refractivity contribution in [3.8, 4) is 5.75 Å². The number of aromatic nitrogens is 1. The number of ether oxygens (including phenoxy) is 1.